The lowest BCUT2D eigenvalue weighted by Gasteiger charge is -2.31. The Morgan fingerprint density at radius 3 is 2.70 bits per heavy atom. The summed E-state index contributed by atoms with van der Waals surface area (Å²) in [5.74, 6) is -0.587. The van der Waals surface area contributed by atoms with Crippen molar-refractivity contribution in [2.75, 3.05) is 18.4 Å². The summed E-state index contributed by atoms with van der Waals surface area (Å²) in [5.41, 5.74) is 1.67. The van der Waals surface area contributed by atoms with E-state index in [0.29, 0.717) is 18.8 Å². The van der Waals surface area contributed by atoms with Crippen LogP contribution in [0.3, 0.4) is 0 Å². The molecule has 1 fully saturated rings. The number of nitrogens with zero attached hydrogens (tertiary/aromatic N) is 2. The van der Waals surface area contributed by atoms with Crippen molar-refractivity contribution in [1.29, 1.82) is 0 Å². The zero-order chi connectivity index (χ0) is 14.5. The second-order valence-electron chi connectivity index (χ2n) is 5.21. The number of nitrogens with one attached hydrogen (secondary N) is 1. The first kappa shape index (κ1) is 14.3. The molecule has 1 aliphatic heterocycles. The van der Waals surface area contributed by atoms with Crippen LogP contribution in [0.4, 0.5) is 10.5 Å². The lowest BCUT2D eigenvalue weighted by atomic mass is 9.94. The SMILES string of the molecule is Cc1cncc(NC(=O)N2CCC(CC(=O)O)CC2)c1. The number of pyridine rings is 1. The maximum atomic E-state index is 12.1. The average Bonchev–Trinajstić information content (AvgIpc) is 2.38. The van der Waals surface area contributed by atoms with Gasteiger partial charge in [0.25, 0.3) is 0 Å². The second kappa shape index (κ2) is 6.36. The first-order chi connectivity index (χ1) is 9.54. The van der Waals surface area contributed by atoms with E-state index in [0.717, 1.165) is 18.4 Å². The third-order valence-electron chi connectivity index (χ3n) is 3.49. The van der Waals surface area contributed by atoms with Crippen molar-refractivity contribution in [1.82, 2.24) is 9.88 Å². The molecule has 20 heavy (non-hydrogen) atoms. The number of carbonyl (C=O) groups is 2. The normalized spacial score (nSPS) is 15.9. The lowest BCUT2D eigenvalue weighted by Crippen LogP contribution is -2.41. The predicted octanol–water partition coefficient (Wildman–Crippen LogP) is 2.11. The number of hydrogen-bond donors (Lipinski definition) is 2. The zero-order valence-electron chi connectivity index (χ0n) is 11.5. The molecule has 0 aliphatic carbocycles. The summed E-state index contributed by atoms with van der Waals surface area (Å²) in [6.07, 6.45) is 5.02. The molecule has 1 saturated heterocycles. The van der Waals surface area contributed by atoms with Gasteiger partial charge < -0.3 is 15.3 Å². The van der Waals surface area contributed by atoms with Crippen LogP contribution >= 0.6 is 0 Å². The molecule has 2 amide bonds. The van der Waals surface area contributed by atoms with Crippen LogP contribution < -0.4 is 5.32 Å². The molecule has 2 N–H and O–H groups in total. The van der Waals surface area contributed by atoms with Crippen LogP contribution in [-0.2, 0) is 4.79 Å². The summed E-state index contributed by atoms with van der Waals surface area (Å²) in [6, 6.07) is 1.72. The van der Waals surface area contributed by atoms with Gasteiger partial charge in [-0.05, 0) is 37.3 Å². The molecule has 2 heterocycles. The van der Waals surface area contributed by atoms with Gasteiger partial charge in [0.05, 0.1) is 11.9 Å². The Bertz CT molecular complexity index is 496. The van der Waals surface area contributed by atoms with E-state index < -0.39 is 5.97 Å². The van der Waals surface area contributed by atoms with Crippen molar-refractivity contribution in [3.63, 3.8) is 0 Å². The number of carboxylic acids is 1. The van der Waals surface area contributed by atoms with E-state index in [2.05, 4.69) is 10.3 Å². The Kier molecular flexibility index (Phi) is 4.55. The van der Waals surface area contributed by atoms with Crippen LogP contribution in [0, 0.1) is 12.8 Å². The fraction of sp³-hybridized carbons (Fsp3) is 0.500. The molecule has 0 bridgehead atoms. The minimum absolute atomic E-state index is 0.147. The molecule has 1 aliphatic rings. The number of aromatic nitrogens is 1. The number of carboxylic acid groups (broad SMARTS) is 1. The molecule has 6 nitrogen and oxygen atoms in total. The fourth-order valence-electron chi connectivity index (χ4n) is 2.41. The van der Waals surface area contributed by atoms with Crippen LogP contribution in [0.2, 0.25) is 0 Å². The number of anilines is 1. The molecule has 0 radical (unpaired) electrons. The van der Waals surface area contributed by atoms with Crippen molar-refractivity contribution in [3.05, 3.63) is 24.0 Å². The molecule has 0 atom stereocenters. The molecule has 0 unspecified atom stereocenters. The van der Waals surface area contributed by atoms with Crippen molar-refractivity contribution >= 4 is 17.7 Å². The Morgan fingerprint density at radius 1 is 1.40 bits per heavy atom. The predicted molar refractivity (Wildman–Crippen MR) is 74.5 cm³/mol. The van der Waals surface area contributed by atoms with Gasteiger partial charge in [-0.15, -0.1) is 0 Å². The average molecular weight is 277 g/mol. The monoisotopic (exact) mass is 277 g/mol. The Morgan fingerprint density at radius 2 is 2.10 bits per heavy atom. The van der Waals surface area contributed by atoms with E-state index >= 15 is 0 Å². The smallest absolute Gasteiger partial charge is 0.321 e. The summed E-state index contributed by atoms with van der Waals surface area (Å²) in [7, 11) is 0. The van der Waals surface area contributed by atoms with E-state index in [1.165, 1.54) is 0 Å². The standard InChI is InChI=1S/C14H19N3O3/c1-10-6-12(9-15-8-10)16-14(20)17-4-2-11(3-5-17)7-13(18)19/h6,8-9,11H,2-5,7H2,1H3,(H,16,20)(H,18,19). The van der Waals surface area contributed by atoms with Gasteiger partial charge in [0.1, 0.15) is 0 Å². The second-order valence-corrected chi connectivity index (χ2v) is 5.21. The van der Waals surface area contributed by atoms with Crippen molar-refractivity contribution in [3.8, 4) is 0 Å². The van der Waals surface area contributed by atoms with E-state index in [4.69, 9.17) is 5.11 Å². The highest BCUT2D eigenvalue weighted by molar-refractivity contribution is 5.89. The van der Waals surface area contributed by atoms with E-state index in [1.807, 2.05) is 13.0 Å². The van der Waals surface area contributed by atoms with Crippen molar-refractivity contribution < 1.29 is 14.7 Å². The summed E-state index contributed by atoms with van der Waals surface area (Å²) in [5, 5.41) is 11.6. The third kappa shape index (κ3) is 3.94. The summed E-state index contributed by atoms with van der Waals surface area (Å²) in [6.45, 7) is 3.12. The van der Waals surface area contributed by atoms with Gasteiger partial charge in [-0.25, -0.2) is 4.79 Å². The van der Waals surface area contributed by atoms with Crippen LogP contribution in [0.25, 0.3) is 0 Å². The Labute approximate surface area is 117 Å². The Hall–Kier alpha value is -2.11. The number of aliphatic carboxylic acids is 1. The first-order valence-electron chi connectivity index (χ1n) is 6.74. The molecule has 0 saturated carbocycles. The van der Waals surface area contributed by atoms with Crippen molar-refractivity contribution in [2.24, 2.45) is 5.92 Å². The van der Waals surface area contributed by atoms with E-state index in [-0.39, 0.29) is 18.4 Å². The fourth-order valence-corrected chi connectivity index (χ4v) is 2.41. The maximum Gasteiger partial charge on any atom is 0.321 e. The number of carbonyl (C=O) groups excluding carboxylic acids is 1. The number of piperidine rings is 1. The number of aryl methyl sites for hydroxylation is 1. The molecular weight excluding hydrogens is 258 g/mol. The molecule has 1 aromatic rings. The Balaban J connectivity index is 1.84. The third-order valence-corrected chi connectivity index (χ3v) is 3.49. The number of hydrogen-bond acceptors (Lipinski definition) is 3. The zero-order valence-corrected chi connectivity index (χ0v) is 11.5. The highest BCUT2D eigenvalue weighted by atomic mass is 16.4. The van der Waals surface area contributed by atoms with Crippen LogP contribution in [0.1, 0.15) is 24.8 Å². The lowest BCUT2D eigenvalue weighted by molar-refractivity contribution is -0.138. The molecular formula is C14H19N3O3. The van der Waals surface area contributed by atoms with Gasteiger partial charge in [-0.3, -0.25) is 9.78 Å². The van der Waals surface area contributed by atoms with Gasteiger partial charge in [0, 0.05) is 25.7 Å². The number of urea groups is 1. The minimum atomic E-state index is -0.765. The van der Waals surface area contributed by atoms with Gasteiger partial charge in [0.15, 0.2) is 0 Å². The van der Waals surface area contributed by atoms with Gasteiger partial charge in [-0.1, -0.05) is 0 Å². The van der Waals surface area contributed by atoms with Crippen LogP contribution in [0.15, 0.2) is 18.5 Å². The largest absolute Gasteiger partial charge is 0.481 e. The van der Waals surface area contributed by atoms with Gasteiger partial charge in [0.2, 0.25) is 0 Å². The highest BCUT2D eigenvalue weighted by Crippen LogP contribution is 2.21. The van der Waals surface area contributed by atoms with Crippen LogP contribution in [0.5, 0.6) is 0 Å². The summed E-state index contributed by atoms with van der Waals surface area (Å²) >= 11 is 0. The molecule has 6 heteroatoms. The topological polar surface area (TPSA) is 82.5 Å². The van der Waals surface area contributed by atoms with Crippen molar-refractivity contribution in [2.45, 2.75) is 26.2 Å². The molecule has 108 valence electrons. The maximum absolute atomic E-state index is 12.1. The molecule has 0 aromatic carbocycles. The molecule has 1 aromatic heterocycles. The van der Waals surface area contributed by atoms with Crippen LogP contribution in [-0.4, -0.2) is 40.1 Å². The highest BCUT2D eigenvalue weighted by Gasteiger charge is 2.24. The minimum Gasteiger partial charge on any atom is -0.481 e. The molecule has 0 spiro atoms. The first-order valence-corrected chi connectivity index (χ1v) is 6.74. The van der Waals surface area contributed by atoms with E-state index in [9.17, 15) is 9.59 Å². The van der Waals surface area contributed by atoms with E-state index in [1.54, 1.807) is 17.3 Å². The van der Waals surface area contributed by atoms with Gasteiger partial charge in [-0.2, -0.15) is 0 Å². The van der Waals surface area contributed by atoms with Gasteiger partial charge >= 0.3 is 12.0 Å². The summed E-state index contributed by atoms with van der Waals surface area (Å²) in [4.78, 5) is 28.5. The number of likely N-dealkylation sites (tertiary alicyclic amines) is 1. The number of rotatable bonds is 3. The quantitative estimate of drug-likeness (QED) is 0.886. The number of amides is 2. The summed E-state index contributed by atoms with van der Waals surface area (Å²) < 4.78 is 0. The molecule has 2 rings (SSSR count).